The lowest BCUT2D eigenvalue weighted by molar-refractivity contribution is 0.0842. The molecule has 0 radical (unpaired) electrons. The standard InChI is InChI=1S/C24H22F2N4O3/c25-22-15(2-1-7-29-22)14-3-4-20-16(10-14)18(12-32-24(27)28)17-11-19(13-5-8-31-9-6-13)30-23(26)21(17)33-20/h1-4,7,10-11,13,18H,5-6,8-9,12H2,(H3,27,28). The first-order chi connectivity index (χ1) is 16.0. The Balaban J connectivity index is 1.61. The van der Waals surface area contributed by atoms with Crippen molar-refractivity contribution in [2.75, 3.05) is 19.8 Å². The van der Waals surface area contributed by atoms with Crippen molar-refractivity contribution in [3.8, 4) is 22.6 Å². The number of hydrogen-bond acceptors (Lipinski definition) is 6. The van der Waals surface area contributed by atoms with E-state index in [9.17, 15) is 4.39 Å². The van der Waals surface area contributed by atoms with Crippen molar-refractivity contribution in [2.24, 2.45) is 5.73 Å². The second-order valence-corrected chi connectivity index (χ2v) is 8.07. The zero-order chi connectivity index (χ0) is 22.9. The highest BCUT2D eigenvalue weighted by molar-refractivity contribution is 5.69. The number of nitrogens with two attached hydrogens (primary N) is 1. The fourth-order valence-electron chi connectivity index (χ4n) is 4.42. The van der Waals surface area contributed by atoms with E-state index in [1.807, 2.05) is 6.07 Å². The lowest BCUT2D eigenvalue weighted by atomic mass is 9.85. The van der Waals surface area contributed by atoms with Gasteiger partial charge in [-0.05, 0) is 48.7 Å². The average Bonchev–Trinajstić information content (AvgIpc) is 2.82. The quantitative estimate of drug-likeness (QED) is 0.344. The summed E-state index contributed by atoms with van der Waals surface area (Å²) in [4.78, 5) is 7.90. The van der Waals surface area contributed by atoms with Crippen LogP contribution in [0.4, 0.5) is 8.78 Å². The Bertz CT molecular complexity index is 1210. The van der Waals surface area contributed by atoms with E-state index in [4.69, 9.17) is 25.4 Å². The second kappa shape index (κ2) is 8.74. The molecule has 1 atom stereocenters. The molecule has 1 saturated heterocycles. The highest BCUT2D eigenvalue weighted by atomic mass is 19.1. The van der Waals surface area contributed by atoms with Gasteiger partial charge in [0.05, 0.1) is 5.92 Å². The minimum Gasteiger partial charge on any atom is -0.465 e. The van der Waals surface area contributed by atoms with Gasteiger partial charge in [0, 0.05) is 47.7 Å². The highest BCUT2D eigenvalue weighted by Gasteiger charge is 2.33. The van der Waals surface area contributed by atoms with Gasteiger partial charge < -0.3 is 19.9 Å². The number of aromatic nitrogens is 2. The van der Waals surface area contributed by atoms with Crippen LogP contribution in [0, 0.1) is 17.3 Å². The maximum Gasteiger partial charge on any atom is 0.279 e. The Morgan fingerprint density at radius 2 is 1.94 bits per heavy atom. The number of rotatable bonds is 4. The summed E-state index contributed by atoms with van der Waals surface area (Å²) in [5.74, 6) is -1.28. The third-order valence-electron chi connectivity index (χ3n) is 6.07. The van der Waals surface area contributed by atoms with Crippen LogP contribution in [-0.2, 0) is 9.47 Å². The van der Waals surface area contributed by atoms with Crippen LogP contribution in [0.1, 0.15) is 41.5 Å². The van der Waals surface area contributed by atoms with E-state index in [2.05, 4.69) is 9.97 Å². The number of halogens is 2. The highest BCUT2D eigenvalue weighted by Crippen LogP contribution is 2.47. The van der Waals surface area contributed by atoms with Crippen LogP contribution in [0.15, 0.2) is 42.6 Å². The summed E-state index contributed by atoms with van der Waals surface area (Å²) in [7, 11) is 0. The lowest BCUT2D eigenvalue weighted by Crippen LogP contribution is -2.23. The molecular formula is C24H22F2N4O3. The molecule has 3 aromatic rings. The lowest BCUT2D eigenvalue weighted by Gasteiger charge is -2.30. The van der Waals surface area contributed by atoms with Gasteiger partial charge in [-0.2, -0.15) is 8.78 Å². The van der Waals surface area contributed by atoms with Crippen molar-refractivity contribution in [1.29, 1.82) is 5.41 Å². The third kappa shape index (κ3) is 4.11. The van der Waals surface area contributed by atoms with Crippen molar-refractivity contribution in [1.82, 2.24) is 9.97 Å². The van der Waals surface area contributed by atoms with E-state index in [-0.39, 0.29) is 18.3 Å². The molecule has 5 rings (SSSR count). The summed E-state index contributed by atoms with van der Waals surface area (Å²) in [6.07, 6.45) is 2.89. The van der Waals surface area contributed by atoms with Crippen LogP contribution in [0.25, 0.3) is 11.1 Å². The van der Waals surface area contributed by atoms with Crippen LogP contribution >= 0.6 is 0 Å². The third-order valence-corrected chi connectivity index (χ3v) is 6.07. The Morgan fingerprint density at radius 1 is 1.12 bits per heavy atom. The maximum absolute atomic E-state index is 15.1. The molecule has 0 bridgehead atoms. The van der Waals surface area contributed by atoms with Gasteiger partial charge in [0.2, 0.25) is 5.95 Å². The molecule has 2 aliphatic heterocycles. The van der Waals surface area contributed by atoms with E-state index in [1.54, 1.807) is 30.3 Å². The molecule has 0 saturated carbocycles. The van der Waals surface area contributed by atoms with Gasteiger partial charge >= 0.3 is 0 Å². The number of nitrogens with zero attached hydrogens (tertiary/aromatic N) is 2. The van der Waals surface area contributed by atoms with Crippen LogP contribution in [-0.4, -0.2) is 35.8 Å². The monoisotopic (exact) mass is 452 g/mol. The minimum absolute atomic E-state index is 0.00562. The molecule has 0 aliphatic carbocycles. The second-order valence-electron chi connectivity index (χ2n) is 8.07. The van der Waals surface area contributed by atoms with Crippen molar-refractivity contribution in [3.05, 3.63) is 71.3 Å². The number of amidine groups is 1. The number of nitrogens with one attached hydrogen (secondary N) is 1. The molecule has 1 aromatic carbocycles. The van der Waals surface area contributed by atoms with Crippen LogP contribution in [0.3, 0.4) is 0 Å². The van der Waals surface area contributed by atoms with Crippen molar-refractivity contribution in [2.45, 2.75) is 24.7 Å². The molecule has 33 heavy (non-hydrogen) atoms. The largest absolute Gasteiger partial charge is 0.465 e. The molecular weight excluding hydrogens is 430 g/mol. The van der Waals surface area contributed by atoms with E-state index in [0.29, 0.717) is 46.9 Å². The SMILES string of the molecule is N=C(N)OCC1c2cc(-c3cccnc3F)ccc2Oc2c1cc(C1CCOCC1)nc2F. The van der Waals surface area contributed by atoms with E-state index in [0.717, 1.165) is 12.8 Å². The summed E-state index contributed by atoms with van der Waals surface area (Å²) < 4.78 is 46.1. The first-order valence-corrected chi connectivity index (χ1v) is 10.7. The Labute approximate surface area is 189 Å². The molecule has 0 spiro atoms. The van der Waals surface area contributed by atoms with Gasteiger partial charge in [-0.3, -0.25) is 5.41 Å². The van der Waals surface area contributed by atoms with Crippen LogP contribution < -0.4 is 10.5 Å². The molecule has 9 heteroatoms. The fourth-order valence-corrected chi connectivity index (χ4v) is 4.42. The first-order valence-electron chi connectivity index (χ1n) is 10.7. The molecule has 3 N–H and O–H groups in total. The number of fused-ring (bicyclic) bond motifs is 2. The van der Waals surface area contributed by atoms with E-state index >= 15 is 4.39 Å². The zero-order valence-corrected chi connectivity index (χ0v) is 17.7. The number of ether oxygens (including phenoxy) is 3. The van der Waals surface area contributed by atoms with Gasteiger partial charge in [0.15, 0.2) is 5.75 Å². The summed E-state index contributed by atoms with van der Waals surface area (Å²) in [5.41, 5.74) is 8.23. The topological polar surface area (TPSA) is 103 Å². The van der Waals surface area contributed by atoms with Crippen molar-refractivity contribution < 1.29 is 23.0 Å². The zero-order valence-electron chi connectivity index (χ0n) is 17.7. The average molecular weight is 452 g/mol. The van der Waals surface area contributed by atoms with Gasteiger partial charge in [0.25, 0.3) is 12.0 Å². The number of hydrogen-bond donors (Lipinski definition) is 2. The predicted octanol–water partition coefficient (Wildman–Crippen LogP) is 4.46. The first kappa shape index (κ1) is 21.3. The van der Waals surface area contributed by atoms with E-state index in [1.165, 1.54) is 6.20 Å². The smallest absolute Gasteiger partial charge is 0.279 e. The molecule has 2 aromatic heterocycles. The summed E-state index contributed by atoms with van der Waals surface area (Å²) in [6.45, 7) is 1.19. The van der Waals surface area contributed by atoms with Crippen LogP contribution in [0.2, 0.25) is 0 Å². The van der Waals surface area contributed by atoms with Crippen LogP contribution in [0.5, 0.6) is 11.5 Å². The number of pyridine rings is 2. The normalized spacial score (nSPS) is 17.6. The Morgan fingerprint density at radius 3 is 2.70 bits per heavy atom. The van der Waals surface area contributed by atoms with Gasteiger partial charge in [-0.1, -0.05) is 6.07 Å². The van der Waals surface area contributed by atoms with E-state index < -0.39 is 23.8 Å². The van der Waals surface area contributed by atoms with Crippen molar-refractivity contribution >= 4 is 6.02 Å². The predicted molar refractivity (Wildman–Crippen MR) is 116 cm³/mol. The molecule has 4 heterocycles. The molecule has 170 valence electrons. The Hall–Kier alpha value is -3.59. The summed E-state index contributed by atoms with van der Waals surface area (Å²) in [6, 6.07) is 9.80. The van der Waals surface area contributed by atoms with Gasteiger partial charge in [-0.15, -0.1) is 0 Å². The number of benzene rings is 1. The molecule has 2 aliphatic rings. The maximum atomic E-state index is 15.1. The summed E-state index contributed by atoms with van der Waals surface area (Å²) in [5, 5.41) is 7.50. The van der Waals surface area contributed by atoms with Gasteiger partial charge in [-0.25, -0.2) is 9.97 Å². The fraction of sp³-hybridized carbons (Fsp3) is 0.292. The van der Waals surface area contributed by atoms with Gasteiger partial charge in [0.1, 0.15) is 12.4 Å². The summed E-state index contributed by atoms with van der Waals surface area (Å²) >= 11 is 0. The molecule has 1 unspecified atom stereocenters. The molecule has 7 nitrogen and oxygen atoms in total. The molecule has 1 fully saturated rings. The molecule has 0 amide bonds. The Kier molecular flexibility index (Phi) is 5.63. The minimum atomic E-state index is -0.699. The van der Waals surface area contributed by atoms with Crippen molar-refractivity contribution in [3.63, 3.8) is 0 Å².